The maximum absolute atomic E-state index is 11.1. The number of nitrogens with zero attached hydrogens (tertiary/aromatic N) is 3. The molecule has 7 heteroatoms. The van der Waals surface area contributed by atoms with Gasteiger partial charge in [-0.15, -0.1) is 0 Å². The average molecular weight is 398 g/mol. The Morgan fingerprint density at radius 2 is 1.86 bits per heavy atom. The second-order valence-corrected chi connectivity index (χ2v) is 6.70. The highest BCUT2D eigenvalue weighted by atomic mass is 127. The van der Waals surface area contributed by atoms with Gasteiger partial charge in [0.1, 0.15) is 5.82 Å². The number of nitro groups is 1. The summed E-state index contributed by atoms with van der Waals surface area (Å²) >= 11 is 2.10. The quantitative estimate of drug-likeness (QED) is 0.475. The van der Waals surface area contributed by atoms with Gasteiger partial charge in [-0.05, 0) is 28.7 Å². The number of para-hydroxylation sites is 1. The van der Waals surface area contributed by atoms with Crippen LogP contribution in [0.25, 0.3) is 11.4 Å². The van der Waals surface area contributed by atoms with Gasteiger partial charge in [-0.1, -0.05) is 32.9 Å². The maximum Gasteiger partial charge on any atom is 0.280 e. The number of rotatable bonds is 2. The third-order valence-corrected chi connectivity index (χ3v) is 3.99. The van der Waals surface area contributed by atoms with Crippen LogP contribution in [-0.4, -0.2) is 14.9 Å². The summed E-state index contributed by atoms with van der Waals surface area (Å²) in [7, 11) is 0. The van der Waals surface area contributed by atoms with E-state index in [0.29, 0.717) is 11.4 Å². The first-order chi connectivity index (χ1) is 9.71. The Morgan fingerprint density at radius 1 is 1.24 bits per heavy atom. The van der Waals surface area contributed by atoms with Crippen LogP contribution >= 0.6 is 22.6 Å². The summed E-state index contributed by atoms with van der Waals surface area (Å²) in [5.41, 5.74) is 6.85. The van der Waals surface area contributed by atoms with Crippen molar-refractivity contribution >= 4 is 34.1 Å². The molecular weight excluding hydrogens is 383 g/mol. The Morgan fingerprint density at radius 3 is 2.43 bits per heavy atom. The highest BCUT2D eigenvalue weighted by Gasteiger charge is 2.25. The van der Waals surface area contributed by atoms with Gasteiger partial charge in [0.2, 0.25) is 0 Å². The summed E-state index contributed by atoms with van der Waals surface area (Å²) in [5.74, 6) is 0.619. The topological polar surface area (TPSA) is 94.9 Å². The van der Waals surface area contributed by atoms with Crippen molar-refractivity contribution < 1.29 is 4.92 Å². The number of hydrogen-bond donors (Lipinski definition) is 1. The first-order valence-electron chi connectivity index (χ1n) is 6.29. The predicted molar refractivity (Wildman–Crippen MR) is 90.0 cm³/mol. The van der Waals surface area contributed by atoms with Crippen molar-refractivity contribution in [2.75, 3.05) is 5.73 Å². The lowest BCUT2D eigenvalue weighted by molar-refractivity contribution is -0.384. The monoisotopic (exact) mass is 398 g/mol. The molecule has 1 heterocycles. The fraction of sp³-hybridized carbons (Fsp3) is 0.286. The Hall–Kier alpha value is -1.77. The molecule has 110 valence electrons. The van der Waals surface area contributed by atoms with Crippen molar-refractivity contribution in [1.29, 1.82) is 0 Å². The fourth-order valence-corrected chi connectivity index (χ4v) is 2.95. The Balaban J connectivity index is 2.72. The van der Waals surface area contributed by atoms with Gasteiger partial charge < -0.3 is 5.73 Å². The summed E-state index contributed by atoms with van der Waals surface area (Å²) in [6, 6.07) is 6.40. The van der Waals surface area contributed by atoms with Crippen LogP contribution in [0.2, 0.25) is 0 Å². The number of benzene rings is 1. The number of nitro benzene ring substituents is 1. The Bertz CT molecular complexity index is 711. The molecule has 0 unspecified atom stereocenters. The van der Waals surface area contributed by atoms with Crippen LogP contribution in [0.5, 0.6) is 0 Å². The van der Waals surface area contributed by atoms with Gasteiger partial charge in [0.05, 0.1) is 19.8 Å². The van der Waals surface area contributed by atoms with Crippen LogP contribution in [0.3, 0.4) is 0 Å². The summed E-state index contributed by atoms with van der Waals surface area (Å²) in [5, 5.41) is 11.1. The van der Waals surface area contributed by atoms with Gasteiger partial charge in [-0.3, -0.25) is 10.1 Å². The number of halogens is 1. The lowest BCUT2D eigenvalue weighted by Crippen LogP contribution is -2.18. The minimum absolute atomic E-state index is 0.0297. The molecule has 0 bridgehead atoms. The van der Waals surface area contributed by atoms with E-state index in [1.165, 1.54) is 6.07 Å². The van der Waals surface area contributed by atoms with Gasteiger partial charge >= 0.3 is 0 Å². The van der Waals surface area contributed by atoms with E-state index in [1.54, 1.807) is 18.2 Å². The van der Waals surface area contributed by atoms with E-state index in [-0.39, 0.29) is 16.9 Å². The Kier molecular flexibility index (Phi) is 4.13. The molecule has 0 aliphatic carbocycles. The molecule has 0 atom stereocenters. The van der Waals surface area contributed by atoms with Crippen LogP contribution in [0, 0.1) is 13.7 Å². The second-order valence-electron chi connectivity index (χ2n) is 5.62. The highest BCUT2D eigenvalue weighted by molar-refractivity contribution is 14.1. The van der Waals surface area contributed by atoms with Crippen molar-refractivity contribution in [2.24, 2.45) is 0 Å². The molecular formula is C14H15IN4O2. The van der Waals surface area contributed by atoms with E-state index in [9.17, 15) is 10.1 Å². The summed E-state index contributed by atoms with van der Waals surface area (Å²) in [6.07, 6.45) is 0. The molecule has 0 fully saturated rings. The summed E-state index contributed by atoms with van der Waals surface area (Å²) in [6.45, 7) is 6.04. The Labute approximate surface area is 136 Å². The minimum Gasteiger partial charge on any atom is -0.383 e. The average Bonchev–Trinajstić information content (AvgIpc) is 2.40. The molecule has 0 saturated carbocycles. The molecule has 0 amide bonds. The zero-order valence-electron chi connectivity index (χ0n) is 11.9. The van der Waals surface area contributed by atoms with Crippen molar-refractivity contribution in [1.82, 2.24) is 9.97 Å². The predicted octanol–water partition coefficient (Wildman–Crippen LogP) is 3.54. The van der Waals surface area contributed by atoms with Crippen LogP contribution in [0.4, 0.5) is 11.5 Å². The molecule has 21 heavy (non-hydrogen) atoms. The number of anilines is 1. The molecule has 0 saturated heterocycles. The summed E-state index contributed by atoms with van der Waals surface area (Å²) < 4.78 is 0.780. The van der Waals surface area contributed by atoms with Gasteiger partial charge in [0, 0.05) is 11.5 Å². The lowest BCUT2D eigenvalue weighted by atomic mass is 9.91. The second kappa shape index (κ2) is 5.55. The van der Waals surface area contributed by atoms with Crippen molar-refractivity contribution in [2.45, 2.75) is 26.2 Å². The van der Waals surface area contributed by atoms with Crippen LogP contribution in [-0.2, 0) is 5.41 Å². The van der Waals surface area contributed by atoms with Gasteiger partial charge in [0.25, 0.3) is 5.69 Å². The van der Waals surface area contributed by atoms with E-state index >= 15 is 0 Å². The SMILES string of the molecule is CC(C)(C)c1nc(-c2ccccc2[N+](=O)[O-])nc(N)c1I. The molecule has 0 radical (unpaired) electrons. The van der Waals surface area contributed by atoms with Gasteiger partial charge in [-0.25, -0.2) is 9.97 Å². The first-order valence-corrected chi connectivity index (χ1v) is 7.37. The third-order valence-electron chi connectivity index (χ3n) is 2.93. The normalized spacial score (nSPS) is 11.4. The molecule has 0 aliphatic rings. The zero-order valence-corrected chi connectivity index (χ0v) is 14.1. The first kappa shape index (κ1) is 15.6. The molecule has 6 nitrogen and oxygen atoms in total. The minimum atomic E-state index is -0.441. The van der Waals surface area contributed by atoms with E-state index < -0.39 is 4.92 Å². The summed E-state index contributed by atoms with van der Waals surface area (Å²) in [4.78, 5) is 19.4. The van der Waals surface area contributed by atoms with Crippen LogP contribution in [0.15, 0.2) is 24.3 Å². The van der Waals surface area contributed by atoms with E-state index in [0.717, 1.165) is 9.26 Å². The van der Waals surface area contributed by atoms with Crippen molar-refractivity contribution in [3.63, 3.8) is 0 Å². The highest BCUT2D eigenvalue weighted by Crippen LogP contribution is 2.33. The van der Waals surface area contributed by atoms with Crippen LogP contribution in [0.1, 0.15) is 26.5 Å². The molecule has 1 aromatic carbocycles. The maximum atomic E-state index is 11.1. The van der Waals surface area contributed by atoms with E-state index in [1.807, 2.05) is 20.8 Å². The number of hydrogen-bond acceptors (Lipinski definition) is 5. The molecule has 1 aromatic heterocycles. The van der Waals surface area contributed by atoms with Gasteiger partial charge in [0.15, 0.2) is 5.82 Å². The third kappa shape index (κ3) is 3.12. The standard InChI is InChI=1S/C14H15IN4O2/c1-14(2,3)11-10(15)12(16)18-13(17-11)8-6-4-5-7-9(8)19(20)21/h4-7H,1-3H3,(H2,16,17,18). The van der Waals surface area contributed by atoms with E-state index in [4.69, 9.17) is 5.73 Å². The fourth-order valence-electron chi connectivity index (χ4n) is 1.90. The van der Waals surface area contributed by atoms with Crippen molar-refractivity contribution in [3.8, 4) is 11.4 Å². The molecule has 2 rings (SSSR count). The number of nitrogen functional groups attached to an aromatic ring is 1. The zero-order chi connectivity index (χ0) is 15.8. The molecule has 0 aliphatic heterocycles. The van der Waals surface area contributed by atoms with Crippen LogP contribution < -0.4 is 5.73 Å². The molecule has 2 aromatic rings. The smallest absolute Gasteiger partial charge is 0.280 e. The van der Waals surface area contributed by atoms with Gasteiger partial charge in [-0.2, -0.15) is 0 Å². The van der Waals surface area contributed by atoms with Crippen molar-refractivity contribution in [3.05, 3.63) is 43.6 Å². The molecule has 2 N–H and O–H groups in total. The lowest BCUT2D eigenvalue weighted by Gasteiger charge is -2.20. The number of nitrogens with two attached hydrogens (primary N) is 1. The number of aromatic nitrogens is 2. The largest absolute Gasteiger partial charge is 0.383 e. The molecule has 0 spiro atoms. The van der Waals surface area contributed by atoms with E-state index in [2.05, 4.69) is 32.6 Å².